The highest BCUT2D eigenvalue weighted by Crippen LogP contribution is 2.13. The molecule has 0 unspecified atom stereocenters. The molecule has 0 rings (SSSR count). The second-order valence-electron chi connectivity index (χ2n) is 6.78. The Bertz CT molecular complexity index is 250. The van der Waals surface area contributed by atoms with Crippen molar-refractivity contribution in [3.05, 3.63) is 12.7 Å². The van der Waals surface area contributed by atoms with Crippen LogP contribution in [0.4, 0.5) is 4.79 Å². The monoisotopic (exact) mass is 340 g/mol. The van der Waals surface area contributed by atoms with Gasteiger partial charge in [0.2, 0.25) is 0 Å². The predicted octanol–water partition coefficient (Wildman–Crippen LogP) is 6.85. The number of urea groups is 1. The Morgan fingerprint density at radius 3 is 1.17 bits per heavy atom. The molecule has 0 aromatic carbocycles. The van der Waals surface area contributed by atoms with Crippen molar-refractivity contribution < 1.29 is 4.79 Å². The van der Waals surface area contributed by atoms with Crippen molar-refractivity contribution in [1.29, 1.82) is 0 Å². The molecule has 0 aromatic rings. The molecule has 0 radical (unpaired) electrons. The van der Waals surface area contributed by atoms with E-state index in [1.165, 1.54) is 109 Å². The highest BCUT2D eigenvalue weighted by Gasteiger charge is 1.94. The number of amides is 2. The topological polar surface area (TPSA) is 69.1 Å². The zero-order valence-electron chi connectivity index (χ0n) is 16.4. The quantitative estimate of drug-likeness (QED) is 0.221. The molecule has 0 heterocycles. The molecule has 0 spiro atoms. The number of allylic oxidation sites excluding steroid dienone is 1. The first-order chi connectivity index (χ1) is 11.6. The van der Waals surface area contributed by atoms with Gasteiger partial charge in [-0.15, -0.1) is 6.58 Å². The number of nitrogens with two attached hydrogens (primary N) is 2. The molecule has 3 heteroatoms. The second-order valence-corrected chi connectivity index (χ2v) is 6.78. The molecule has 0 atom stereocenters. The summed E-state index contributed by atoms with van der Waals surface area (Å²) in [5.74, 6) is 0. The van der Waals surface area contributed by atoms with Crippen LogP contribution in [0, 0.1) is 0 Å². The van der Waals surface area contributed by atoms with Crippen molar-refractivity contribution in [2.24, 2.45) is 11.5 Å². The summed E-state index contributed by atoms with van der Waals surface area (Å²) in [6.45, 7) is 6.06. The van der Waals surface area contributed by atoms with Gasteiger partial charge < -0.3 is 11.5 Å². The molecule has 0 aliphatic heterocycles. The van der Waals surface area contributed by atoms with E-state index in [9.17, 15) is 0 Å². The van der Waals surface area contributed by atoms with Gasteiger partial charge in [-0.2, -0.15) is 0 Å². The zero-order chi connectivity index (χ0) is 18.3. The number of hydrogen-bond donors (Lipinski definition) is 2. The minimum atomic E-state index is -0.833. The van der Waals surface area contributed by atoms with Crippen molar-refractivity contribution in [2.45, 2.75) is 116 Å². The Morgan fingerprint density at radius 2 is 0.917 bits per heavy atom. The third kappa shape index (κ3) is 32.8. The lowest BCUT2D eigenvalue weighted by Gasteiger charge is -2.03. The molecule has 144 valence electrons. The molecular weight excluding hydrogens is 296 g/mol. The number of primary amides is 2. The largest absolute Gasteiger partial charge is 0.352 e. The normalized spacial score (nSPS) is 10.0. The van der Waals surface area contributed by atoms with Crippen LogP contribution in [-0.2, 0) is 0 Å². The maximum Gasteiger partial charge on any atom is 0.309 e. The molecule has 0 bridgehead atoms. The molecular formula is C21H44N2O. The van der Waals surface area contributed by atoms with E-state index in [-0.39, 0.29) is 0 Å². The fourth-order valence-corrected chi connectivity index (χ4v) is 2.84. The Labute approximate surface area is 151 Å². The van der Waals surface area contributed by atoms with Crippen LogP contribution in [-0.4, -0.2) is 6.03 Å². The lowest BCUT2D eigenvalue weighted by molar-refractivity contribution is 0.256. The van der Waals surface area contributed by atoms with Gasteiger partial charge in [0, 0.05) is 0 Å². The first-order valence-corrected chi connectivity index (χ1v) is 10.3. The predicted molar refractivity (Wildman–Crippen MR) is 108 cm³/mol. The first-order valence-electron chi connectivity index (χ1n) is 10.3. The summed E-state index contributed by atoms with van der Waals surface area (Å²) in [4.78, 5) is 9.00. The van der Waals surface area contributed by atoms with Crippen molar-refractivity contribution in [2.75, 3.05) is 0 Å². The van der Waals surface area contributed by atoms with Crippen molar-refractivity contribution >= 4 is 6.03 Å². The van der Waals surface area contributed by atoms with Gasteiger partial charge in [0.1, 0.15) is 0 Å². The summed E-state index contributed by atoms with van der Waals surface area (Å²) < 4.78 is 0. The highest BCUT2D eigenvalue weighted by atomic mass is 16.2. The van der Waals surface area contributed by atoms with Crippen molar-refractivity contribution in [1.82, 2.24) is 0 Å². The van der Waals surface area contributed by atoms with E-state index in [1.807, 2.05) is 6.08 Å². The van der Waals surface area contributed by atoms with Crippen LogP contribution in [0.15, 0.2) is 12.7 Å². The van der Waals surface area contributed by atoms with E-state index in [1.54, 1.807) is 0 Å². The smallest absolute Gasteiger partial charge is 0.309 e. The molecule has 4 N–H and O–H groups in total. The van der Waals surface area contributed by atoms with Crippen molar-refractivity contribution in [3.63, 3.8) is 0 Å². The fourth-order valence-electron chi connectivity index (χ4n) is 2.84. The Kier molecular flexibility index (Phi) is 25.5. The number of rotatable bonds is 17. The SMILES string of the molecule is C=CCCCCCCCCCCCCCCCCCC.NC(N)=O. The van der Waals surface area contributed by atoms with Crippen molar-refractivity contribution in [3.8, 4) is 0 Å². The third-order valence-electron chi connectivity index (χ3n) is 4.26. The van der Waals surface area contributed by atoms with Crippen LogP contribution < -0.4 is 11.5 Å². The summed E-state index contributed by atoms with van der Waals surface area (Å²) in [6, 6.07) is -0.833. The Hall–Kier alpha value is -0.990. The summed E-state index contributed by atoms with van der Waals surface area (Å²) >= 11 is 0. The van der Waals surface area contributed by atoms with Gasteiger partial charge in [0.25, 0.3) is 0 Å². The average Bonchev–Trinajstić information content (AvgIpc) is 2.54. The summed E-state index contributed by atoms with van der Waals surface area (Å²) in [6.07, 6.45) is 26.4. The van der Waals surface area contributed by atoms with Crippen LogP contribution in [0.3, 0.4) is 0 Å². The van der Waals surface area contributed by atoms with E-state index in [2.05, 4.69) is 25.0 Å². The van der Waals surface area contributed by atoms with Crippen LogP contribution in [0.2, 0.25) is 0 Å². The molecule has 3 nitrogen and oxygen atoms in total. The van der Waals surface area contributed by atoms with E-state index >= 15 is 0 Å². The third-order valence-corrected chi connectivity index (χ3v) is 4.26. The van der Waals surface area contributed by atoms with E-state index < -0.39 is 6.03 Å². The molecule has 0 aliphatic rings. The summed E-state index contributed by atoms with van der Waals surface area (Å²) in [5.41, 5.74) is 8.50. The van der Waals surface area contributed by atoms with Crippen LogP contribution in [0.25, 0.3) is 0 Å². The standard InChI is InChI=1S/C20H40.CH4N2O/c1-3-5-7-9-11-13-15-17-19-20-18-16-14-12-10-8-6-4-2;2-1(3)4/h3H,1,4-20H2,2H3;(H4,2,3,4). The van der Waals surface area contributed by atoms with E-state index in [0.29, 0.717) is 0 Å². The summed E-state index contributed by atoms with van der Waals surface area (Å²) in [5, 5.41) is 0. The molecule has 0 aliphatic carbocycles. The Morgan fingerprint density at radius 1 is 0.667 bits per heavy atom. The fraction of sp³-hybridized carbons (Fsp3) is 0.857. The minimum absolute atomic E-state index is 0.833. The molecule has 0 aromatic heterocycles. The molecule has 0 fully saturated rings. The zero-order valence-corrected chi connectivity index (χ0v) is 16.4. The average molecular weight is 341 g/mol. The van der Waals surface area contributed by atoms with Gasteiger partial charge in [0.15, 0.2) is 0 Å². The van der Waals surface area contributed by atoms with Gasteiger partial charge in [-0.3, -0.25) is 0 Å². The first kappa shape index (κ1) is 25.3. The van der Waals surface area contributed by atoms with Crippen LogP contribution in [0.1, 0.15) is 116 Å². The van der Waals surface area contributed by atoms with Gasteiger partial charge in [0.05, 0.1) is 0 Å². The molecule has 2 amide bonds. The minimum Gasteiger partial charge on any atom is -0.352 e. The van der Waals surface area contributed by atoms with Gasteiger partial charge in [-0.25, -0.2) is 4.79 Å². The lowest BCUT2D eigenvalue weighted by Crippen LogP contribution is -2.18. The Balaban J connectivity index is 0. The van der Waals surface area contributed by atoms with Crippen LogP contribution >= 0.6 is 0 Å². The maximum absolute atomic E-state index is 9.00. The van der Waals surface area contributed by atoms with Gasteiger partial charge in [-0.1, -0.05) is 109 Å². The van der Waals surface area contributed by atoms with E-state index in [4.69, 9.17) is 4.79 Å². The lowest BCUT2D eigenvalue weighted by atomic mass is 10.0. The highest BCUT2D eigenvalue weighted by molar-refractivity contribution is 5.69. The molecule has 0 saturated heterocycles. The van der Waals surface area contributed by atoms with Gasteiger partial charge >= 0.3 is 6.03 Å². The number of carbonyl (C=O) groups is 1. The second kappa shape index (κ2) is 24.3. The number of unbranched alkanes of at least 4 members (excludes halogenated alkanes) is 16. The van der Waals surface area contributed by atoms with E-state index in [0.717, 1.165) is 0 Å². The molecule has 24 heavy (non-hydrogen) atoms. The maximum atomic E-state index is 9.00. The number of carbonyl (C=O) groups excluding carboxylic acids is 1. The van der Waals surface area contributed by atoms with Crippen LogP contribution in [0.5, 0.6) is 0 Å². The summed E-state index contributed by atoms with van der Waals surface area (Å²) in [7, 11) is 0. The number of hydrogen-bond acceptors (Lipinski definition) is 1. The van der Waals surface area contributed by atoms with Gasteiger partial charge in [-0.05, 0) is 12.8 Å². The molecule has 0 saturated carbocycles.